The molecule has 0 aliphatic carbocycles. The molecule has 3 saturated heterocycles. The van der Waals surface area contributed by atoms with E-state index in [2.05, 4.69) is 9.88 Å². The van der Waals surface area contributed by atoms with Crippen LogP contribution in [0.5, 0.6) is 5.75 Å². The van der Waals surface area contributed by atoms with Crippen molar-refractivity contribution in [2.24, 2.45) is 11.7 Å². The van der Waals surface area contributed by atoms with E-state index in [4.69, 9.17) is 15.2 Å². The molecule has 0 aromatic carbocycles. The fourth-order valence-electron chi connectivity index (χ4n) is 4.92. The summed E-state index contributed by atoms with van der Waals surface area (Å²) in [7, 11) is 0. The molecule has 2 N–H and O–H groups in total. The van der Waals surface area contributed by atoms with Gasteiger partial charge in [-0.1, -0.05) is 0 Å². The fraction of sp³-hybridized carbons (Fsp3) is 0.708. The van der Waals surface area contributed by atoms with Crippen molar-refractivity contribution in [2.45, 2.75) is 64.1 Å². The summed E-state index contributed by atoms with van der Waals surface area (Å²) in [6.45, 7) is 7.97. The molecule has 3 fully saturated rings. The van der Waals surface area contributed by atoms with E-state index >= 15 is 0 Å². The Balaban J connectivity index is 0.00000324. The molecule has 0 saturated carbocycles. The first-order chi connectivity index (χ1) is 15.9. The van der Waals surface area contributed by atoms with Crippen LogP contribution in [0, 0.1) is 5.92 Å². The molecular weight excluding hydrogens is 458 g/mol. The monoisotopic (exact) mass is 495 g/mol. The van der Waals surface area contributed by atoms with Gasteiger partial charge < -0.3 is 29.9 Å². The maximum Gasteiger partial charge on any atom is 0.410 e. The summed E-state index contributed by atoms with van der Waals surface area (Å²) >= 11 is 0. The molecular formula is C24H38ClN5O4. The van der Waals surface area contributed by atoms with Crippen molar-refractivity contribution in [3.63, 3.8) is 0 Å². The molecule has 1 aromatic heterocycles. The third kappa shape index (κ3) is 6.44. The van der Waals surface area contributed by atoms with E-state index in [1.165, 1.54) is 0 Å². The number of hydrogen-bond acceptors (Lipinski definition) is 7. The highest BCUT2D eigenvalue weighted by Crippen LogP contribution is 2.26. The zero-order chi connectivity index (χ0) is 23.4. The predicted octanol–water partition coefficient (Wildman–Crippen LogP) is 2.67. The average molecular weight is 496 g/mol. The Labute approximate surface area is 208 Å². The second-order valence-corrected chi connectivity index (χ2v) is 9.71. The summed E-state index contributed by atoms with van der Waals surface area (Å²) < 4.78 is 11.3. The summed E-state index contributed by atoms with van der Waals surface area (Å²) in [5.74, 6) is 2.24. The van der Waals surface area contributed by atoms with Crippen molar-refractivity contribution in [1.82, 2.24) is 14.8 Å². The lowest BCUT2D eigenvalue weighted by molar-refractivity contribution is -0.135. The van der Waals surface area contributed by atoms with Gasteiger partial charge in [-0.05, 0) is 57.6 Å². The van der Waals surface area contributed by atoms with Crippen molar-refractivity contribution in [3.05, 3.63) is 18.3 Å². The maximum absolute atomic E-state index is 12.3. The highest BCUT2D eigenvalue weighted by atomic mass is 35.5. The summed E-state index contributed by atoms with van der Waals surface area (Å²) in [5.41, 5.74) is 6.39. The molecule has 1 aromatic rings. The number of anilines is 1. The number of piperidine rings is 2. The van der Waals surface area contributed by atoms with E-state index in [0.29, 0.717) is 38.6 Å². The molecule has 0 spiro atoms. The summed E-state index contributed by atoms with van der Waals surface area (Å²) in [6, 6.07) is 3.91. The lowest BCUT2D eigenvalue weighted by Gasteiger charge is -2.34. The van der Waals surface area contributed by atoms with Crippen LogP contribution in [0.1, 0.15) is 46.0 Å². The number of hydrogen-bond donors (Lipinski definition) is 1. The molecule has 3 aliphatic rings. The van der Waals surface area contributed by atoms with Gasteiger partial charge in [0.25, 0.3) is 0 Å². The lowest BCUT2D eigenvalue weighted by atomic mass is 9.98. The summed E-state index contributed by atoms with van der Waals surface area (Å²) in [5, 5.41) is 0. The second-order valence-electron chi connectivity index (χ2n) is 9.71. The lowest BCUT2D eigenvalue weighted by Crippen LogP contribution is -2.51. The highest BCUT2D eigenvalue weighted by Gasteiger charge is 2.38. The summed E-state index contributed by atoms with van der Waals surface area (Å²) in [4.78, 5) is 34.8. The number of aromatic nitrogens is 1. The fourth-order valence-corrected chi connectivity index (χ4v) is 4.92. The minimum absolute atomic E-state index is 0. The van der Waals surface area contributed by atoms with Crippen LogP contribution >= 0.6 is 12.4 Å². The minimum atomic E-state index is -0.224. The third-order valence-electron chi connectivity index (χ3n) is 6.83. The van der Waals surface area contributed by atoms with Gasteiger partial charge in [-0.3, -0.25) is 4.79 Å². The van der Waals surface area contributed by atoms with Gasteiger partial charge in [-0.25, -0.2) is 9.78 Å². The van der Waals surface area contributed by atoms with Crippen molar-refractivity contribution in [1.29, 1.82) is 0 Å². The van der Waals surface area contributed by atoms with Gasteiger partial charge in [0.05, 0.1) is 24.9 Å². The van der Waals surface area contributed by atoms with Crippen LogP contribution in [-0.4, -0.2) is 84.3 Å². The number of nitrogens with two attached hydrogens (primary N) is 1. The van der Waals surface area contributed by atoms with Gasteiger partial charge in [0.15, 0.2) is 0 Å². The molecule has 0 radical (unpaired) electrons. The Bertz CT molecular complexity index is 816. The van der Waals surface area contributed by atoms with Crippen LogP contribution in [0.25, 0.3) is 0 Å². The van der Waals surface area contributed by atoms with E-state index in [1.807, 2.05) is 30.9 Å². The van der Waals surface area contributed by atoms with Gasteiger partial charge >= 0.3 is 6.09 Å². The number of pyridine rings is 1. The number of amides is 2. The van der Waals surface area contributed by atoms with Gasteiger partial charge in [0.2, 0.25) is 5.91 Å². The largest absolute Gasteiger partial charge is 0.492 e. The zero-order valence-corrected chi connectivity index (χ0v) is 21.0. The quantitative estimate of drug-likeness (QED) is 0.647. The number of nitrogens with zero attached hydrogens (tertiary/aromatic N) is 4. The van der Waals surface area contributed by atoms with Crippen LogP contribution in [0.2, 0.25) is 0 Å². The van der Waals surface area contributed by atoms with Crippen LogP contribution in [0.3, 0.4) is 0 Å². The Morgan fingerprint density at radius 1 is 1.18 bits per heavy atom. The molecule has 2 amide bonds. The predicted molar refractivity (Wildman–Crippen MR) is 132 cm³/mol. The highest BCUT2D eigenvalue weighted by molar-refractivity contribution is 5.85. The number of carbonyl (C=O) groups is 2. The second kappa shape index (κ2) is 11.9. The standard InChI is InChI=1S/C24H37N5O4.ClH/c1-17(2)33-24(31)27-11-8-18(9-12-27)16-32-19-6-7-22(26-13-19)28-14-20(25)21(15-28)29-10-4-3-5-23(29)30;/h6-7,13,17-18,20-21H,3-5,8-12,14-16,25H2,1-2H3;1H/t20-,21-;/m0./s1. The van der Waals surface area contributed by atoms with Crippen LogP contribution in [0.15, 0.2) is 18.3 Å². The summed E-state index contributed by atoms with van der Waals surface area (Å²) in [6.07, 6.45) is 5.92. The molecule has 34 heavy (non-hydrogen) atoms. The third-order valence-corrected chi connectivity index (χ3v) is 6.83. The molecule has 2 atom stereocenters. The Hall–Kier alpha value is -2.26. The zero-order valence-electron chi connectivity index (χ0n) is 20.2. The molecule has 4 heterocycles. The molecule has 10 heteroatoms. The van der Waals surface area contributed by atoms with E-state index in [0.717, 1.165) is 50.3 Å². The van der Waals surface area contributed by atoms with Gasteiger partial charge in [0, 0.05) is 45.2 Å². The Morgan fingerprint density at radius 2 is 1.94 bits per heavy atom. The van der Waals surface area contributed by atoms with Crippen LogP contribution in [-0.2, 0) is 9.53 Å². The molecule has 0 bridgehead atoms. The first-order valence-corrected chi connectivity index (χ1v) is 12.2. The van der Waals surface area contributed by atoms with Crippen molar-refractivity contribution in [2.75, 3.05) is 44.2 Å². The molecule has 4 rings (SSSR count). The topological polar surface area (TPSA) is 101 Å². The van der Waals surface area contributed by atoms with E-state index in [1.54, 1.807) is 11.1 Å². The van der Waals surface area contributed by atoms with Crippen molar-refractivity contribution in [3.8, 4) is 5.75 Å². The van der Waals surface area contributed by atoms with Crippen molar-refractivity contribution < 1.29 is 19.1 Å². The van der Waals surface area contributed by atoms with E-state index in [-0.39, 0.29) is 42.6 Å². The Morgan fingerprint density at radius 3 is 2.59 bits per heavy atom. The number of carbonyl (C=O) groups excluding carboxylic acids is 2. The molecule has 3 aliphatic heterocycles. The first kappa shape index (κ1) is 26.3. The first-order valence-electron chi connectivity index (χ1n) is 12.2. The smallest absolute Gasteiger partial charge is 0.410 e. The Kier molecular flexibility index (Phi) is 9.24. The van der Waals surface area contributed by atoms with Gasteiger partial charge in [0.1, 0.15) is 11.6 Å². The number of rotatable bonds is 6. The average Bonchev–Trinajstić information content (AvgIpc) is 3.19. The van der Waals surface area contributed by atoms with Gasteiger partial charge in [-0.2, -0.15) is 0 Å². The minimum Gasteiger partial charge on any atom is -0.492 e. The van der Waals surface area contributed by atoms with Gasteiger partial charge in [-0.15, -0.1) is 12.4 Å². The number of halogens is 1. The molecule has 9 nitrogen and oxygen atoms in total. The van der Waals surface area contributed by atoms with E-state index < -0.39 is 0 Å². The van der Waals surface area contributed by atoms with Crippen LogP contribution < -0.4 is 15.4 Å². The van der Waals surface area contributed by atoms with E-state index in [9.17, 15) is 9.59 Å². The van der Waals surface area contributed by atoms with Crippen LogP contribution in [0.4, 0.5) is 10.6 Å². The normalized spacial score (nSPS) is 23.8. The molecule has 190 valence electrons. The SMILES string of the molecule is CC(C)OC(=O)N1CCC(COc2ccc(N3C[C@H](N)[C@@H](N4CCCCC4=O)C3)nc2)CC1.Cl. The van der Waals surface area contributed by atoms with Crippen molar-refractivity contribution >= 4 is 30.2 Å². The molecule has 0 unspecified atom stereocenters. The number of likely N-dealkylation sites (tertiary alicyclic amines) is 2. The number of ether oxygens (including phenoxy) is 2. The maximum atomic E-state index is 12.3.